The molecule has 1 aromatic rings. The third-order valence-corrected chi connectivity index (χ3v) is 5.05. The Labute approximate surface area is 129 Å². The number of alkyl halides is 1. The maximum Gasteiger partial charge on any atom is 0.237 e. The molecule has 0 spiro atoms. The fraction of sp³-hybridized carbons (Fsp3) is 0.600. The molecule has 0 aromatic carbocycles. The lowest BCUT2D eigenvalue weighted by atomic mass is 10.1. The summed E-state index contributed by atoms with van der Waals surface area (Å²) in [6, 6.07) is 0. The molecule has 0 radical (unpaired) electrons. The zero-order chi connectivity index (χ0) is 15.4. The van der Waals surface area contributed by atoms with Crippen molar-refractivity contribution in [1.29, 1.82) is 0 Å². The first kappa shape index (κ1) is 16.1. The van der Waals surface area contributed by atoms with Crippen molar-refractivity contribution in [3.63, 3.8) is 0 Å². The van der Waals surface area contributed by atoms with Crippen LogP contribution in [0.3, 0.4) is 0 Å². The van der Waals surface area contributed by atoms with E-state index in [1.165, 1.54) is 11.8 Å². The summed E-state index contributed by atoms with van der Waals surface area (Å²) < 4.78 is 12.9. The predicted octanol–water partition coefficient (Wildman–Crippen LogP) is 3.23. The lowest BCUT2D eigenvalue weighted by Crippen LogP contribution is -2.33. The maximum atomic E-state index is 12.9. The molecule has 1 N–H and O–H groups in total. The molecule has 1 fully saturated rings. The van der Waals surface area contributed by atoms with Crippen LogP contribution in [0.5, 0.6) is 0 Å². The molecule has 0 bridgehead atoms. The minimum absolute atomic E-state index is 0.0428. The molecule has 2 rings (SSSR count). The Bertz CT molecular complexity index is 529. The lowest BCUT2D eigenvalue weighted by Gasteiger charge is -2.24. The monoisotopic (exact) mass is 311 g/mol. The SMILES string of the molecule is CCCc1nc[nH]c1/C(C)=C/N1C(=O)CSC1[C@@H](C)CF. The van der Waals surface area contributed by atoms with Crippen LogP contribution in [0.4, 0.5) is 4.39 Å². The van der Waals surface area contributed by atoms with E-state index in [4.69, 9.17) is 0 Å². The van der Waals surface area contributed by atoms with Gasteiger partial charge in [-0.25, -0.2) is 4.98 Å². The number of hydrogen-bond acceptors (Lipinski definition) is 3. The van der Waals surface area contributed by atoms with Gasteiger partial charge in [-0.1, -0.05) is 20.3 Å². The van der Waals surface area contributed by atoms with Crippen molar-refractivity contribution in [2.45, 2.75) is 39.0 Å². The van der Waals surface area contributed by atoms with Crippen LogP contribution in [-0.2, 0) is 11.2 Å². The molecular weight excluding hydrogens is 289 g/mol. The van der Waals surface area contributed by atoms with Crippen molar-refractivity contribution in [1.82, 2.24) is 14.9 Å². The number of hydrogen-bond donors (Lipinski definition) is 1. The first-order valence-electron chi connectivity index (χ1n) is 7.28. The van der Waals surface area contributed by atoms with Gasteiger partial charge >= 0.3 is 0 Å². The van der Waals surface area contributed by atoms with E-state index < -0.39 is 6.67 Å². The molecule has 2 atom stereocenters. The van der Waals surface area contributed by atoms with Gasteiger partial charge in [0.1, 0.15) is 0 Å². The number of carbonyl (C=O) groups excluding carboxylic acids is 1. The summed E-state index contributed by atoms with van der Waals surface area (Å²) in [5.41, 5.74) is 2.94. The number of carbonyl (C=O) groups is 1. The highest BCUT2D eigenvalue weighted by atomic mass is 32.2. The fourth-order valence-corrected chi connectivity index (χ4v) is 3.68. The lowest BCUT2D eigenvalue weighted by molar-refractivity contribution is -0.125. The fourth-order valence-electron chi connectivity index (χ4n) is 2.48. The minimum atomic E-state index is -0.417. The number of rotatable bonds is 6. The number of thioether (sulfide) groups is 1. The number of amides is 1. The normalized spacial score (nSPS) is 21.1. The van der Waals surface area contributed by atoms with E-state index in [0.717, 1.165) is 29.8 Å². The first-order chi connectivity index (χ1) is 10.1. The molecule has 1 aliphatic heterocycles. The number of aromatic amines is 1. The second-order valence-corrected chi connectivity index (χ2v) is 6.53. The molecule has 116 valence electrons. The zero-order valence-corrected chi connectivity index (χ0v) is 13.5. The standard InChI is InChI=1S/C15H22FN3OS/c1-4-5-12-14(18-9-17-12)11(3)7-19-13(20)8-21-15(19)10(2)6-16/h7,9-10,15H,4-6,8H2,1-3H3,(H,17,18)/b11-7+/t10-,15?/m0/s1. The van der Waals surface area contributed by atoms with Crippen LogP contribution in [0.25, 0.3) is 5.57 Å². The van der Waals surface area contributed by atoms with E-state index >= 15 is 0 Å². The van der Waals surface area contributed by atoms with Gasteiger partial charge in [0, 0.05) is 12.1 Å². The molecule has 6 heteroatoms. The van der Waals surface area contributed by atoms with Crippen molar-refractivity contribution in [3.8, 4) is 0 Å². The molecule has 1 amide bonds. The quantitative estimate of drug-likeness (QED) is 0.877. The Balaban J connectivity index is 2.23. The van der Waals surface area contributed by atoms with Crippen LogP contribution >= 0.6 is 11.8 Å². The average molecular weight is 311 g/mol. The third-order valence-electron chi connectivity index (χ3n) is 3.60. The second-order valence-electron chi connectivity index (χ2n) is 5.42. The van der Waals surface area contributed by atoms with Gasteiger partial charge in [-0.3, -0.25) is 9.18 Å². The second kappa shape index (κ2) is 7.11. The van der Waals surface area contributed by atoms with Crippen LogP contribution in [0.1, 0.15) is 38.6 Å². The van der Waals surface area contributed by atoms with Crippen LogP contribution in [0, 0.1) is 5.92 Å². The summed E-state index contributed by atoms with van der Waals surface area (Å²) in [5.74, 6) is 0.299. The number of nitrogens with one attached hydrogen (secondary N) is 1. The Morgan fingerprint density at radius 2 is 2.48 bits per heavy atom. The summed E-state index contributed by atoms with van der Waals surface area (Å²) in [6.45, 7) is 5.49. The summed E-state index contributed by atoms with van der Waals surface area (Å²) >= 11 is 1.51. The van der Waals surface area contributed by atoms with Crippen molar-refractivity contribution < 1.29 is 9.18 Å². The van der Waals surface area contributed by atoms with Gasteiger partial charge < -0.3 is 9.88 Å². The van der Waals surface area contributed by atoms with Gasteiger partial charge in [-0.05, 0) is 18.9 Å². The van der Waals surface area contributed by atoms with E-state index in [9.17, 15) is 9.18 Å². The number of imidazole rings is 1. The van der Waals surface area contributed by atoms with Crippen LogP contribution in [0.2, 0.25) is 0 Å². The van der Waals surface area contributed by atoms with E-state index in [2.05, 4.69) is 16.9 Å². The molecule has 1 aromatic heterocycles. The van der Waals surface area contributed by atoms with Crippen molar-refractivity contribution >= 4 is 23.2 Å². The summed E-state index contributed by atoms with van der Waals surface area (Å²) in [6.07, 6.45) is 5.44. The largest absolute Gasteiger partial charge is 0.345 e. The van der Waals surface area contributed by atoms with Crippen LogP contribution < -0.4 is 0 Å². The molecule has 1 unspecified atom stereocenters. The van der Waals surface area contributed by atoms with Gasteiger partial charge in [-0.2, -0.15) is 0 Å². The predicted molar refractivity (Wildman–Crippen MR) is 84.5 cm³/mol. The number of H-pyrrole nitrogens is 1. The molecule has 4 nitrogen and oxygen atoms in total. The van der Waals surface area contributed by atoms with Crippen molar-refractivity contribution in [2.24, 2.45) is 5.92 Å². The molecule has 0 saturated carbocycles. The Morgan fingerprint density at radius 3 is 3.14 bits per heavy atom. The number of aromatic nitrogens is 2. The van der Waals surface area contributed by atoms with E-state index in [1.807, 2.05) is 20.0 Å². The molecule has 1 aliphatic rings. The van der Waals surface area contributed by atoms with Gasteiger partial charge in [0.2, 0.25) is 5.91 Å². The molecule has 2 heterocycles. The molecule has 0 aliphatic carbocycles. The van der Waals surface area contributed by atoms with E-state index in [1.54, 1.807) is 11.2 Å². The number of nitrogens with zero attached hydrogens (tertiary/aromatic N) is 2. The van der Waals surface area contributed by atoms with Gasteiger partial charge in [0.05, 0.1) is 35.5 Å². The summed E-state index contributed by atoms with van der Waals surface area (Å²) in [4.78, 5) is 21.2. The highest BCUT2D eigenvalue weighted by molar-refractivity contribution is 8.01. The van der Waals surface area contributed by atoms with Crippen LogP contribution in [-0.4, -0.2) is 38.6 Å². The van der Waals surface area contributed by atoms with Gasteiger partial charge in [-0.15, -0.1) is 11.8 Å². The number of allylic oxidation sites excluding steroid dienone is 1. The third kappa shape index (κ3) is 3.48. The topological polar surface area (TPSA) is 49.0 Å². The minimum Gasteiger partial charge on any atom is -0.345 e. The van der Waals surface area contributed by atoms with E-state index in [0.29, 0.717) is 5.75 Å². The first-order valence-corrected chi connectivity index (χ1v) is 8.33. The Kier molecular flexibility index (Phi) is 5.45. The van der Waals surface area contributed by atoms with Gasteiger partial charge in [0.15, 0.2) is 0 Å². The van der Waals surface area contributed by atoms with Crippen molar-refractivity contribution in [3.05, 3.63) is 23.9 Å². The summed E-state index contributed by atoms with van der Waals surface area (Å²) in [7, 11) is 0. The van der Waals surface area contributed by atoms with Crippen molar-refractivity contribution in [2.75, 3.05) is 12.4 Å². The Morgan fingerprint density at radius 1 is 1.71 bits per heavy atom. The maximum absolute atomic E-state index is 12.9. The molecular formula is C15H22FN3OS. The van der Waals surface area contributed by atoms with Gasteiger partial charge in [0.25, 0.3) is 0 Å². The average Bonchev–Trinajstić information content (AvgIpc) is 3.07. The number of halogens is 1. The number of aryl methyl sites for hydroxylation is 1. The molecule has 21 heavy (non-hydrogen) atoms. The Hall–Kier alpha value is -1.30. The van der Waals surface area contributed by atoms with E-state index in [-0.39, 0.29) is 17.2 Å². The highest BCUT2D eigenvalue weighted by Crippen LogP contribution is 2.32. The zero-order valence-electron chi connectivity index (χ0n) is 12.7. The highest BCUT2D eigenvalue weighted by Gasteiger charge is 2.34. The summed E-state index contributed by atoms with van der Waals surface area (Å²) in [5, 5.41) is -0.116. The smallest absolute Gasteiger partial charge is 0.237 e. The molecule has 1 saturated heterocycles. The van der Waals surface area contributed by atoms with Crippen LogP contribution in [0.15, 0.2) is 12.5 Å².